The van der Waals surface area contributed by atoms with Crippen LogP contribution in [0.1, 0.15) is 0 Å². The zero-order valence-corrected chi connectivity index (χ0v) is 23.6. The molecule has 44 heavy (non-hydrogen) atoms. The van der Waals surface area contributed by atoms with E-state index in [1.807, 2.05) is 36.4 Å². The predicted molar refractivity (Wildman–Crippen MR) is 178 cm³/mol. The first-order valence-electron chi connectivity index (χ1n) is 14.6. The minimum atomic E-state index is 0.556. The molecule has 206 valence electrons. The molecule has 0 atom stereocenters. The third kappa shape index (κ3) is 3.83. The van der Waals surface area contributed by atoms with Crippen molar-refractivity contribution in [3.63, 3.8) is 0 Å². The number of rotatable bonds is 4. The Balaban J connectivity index is 1.34. The Hall–Kier alpha value is -6.07. The smallest absolute Gasteiger partial charge is 0.238 e. The van der Waals surface area contributed by atoms with Gasteiger partial charge in [-0.15, -0.1) is 0 Å². The van der Waals surface area contributed by atoms with Crippen LogP contribution >= 0.6 is 0 Å². The van der Waals surface area contributed by atoms with Gasteiger partial charge in [-0.1, -0.05) is 115 Å². The first-order valence-corrected chi connectivity index (χ1v) is 14.6. The van der Waals surface area contributed by atoms with Crippen molar-refractivity contribution in [1.82, 2.24) is 19.5 Å². The summed E-state index contributed by atoms with van der Waals surface area (Å²) in [6.45, 7) is 0. The summed E-state index contributed by atoms with van der Waals surface area (Å²) < 4.78 is 8.56. The highest BCUT2D eigenvalue weighted by molar-refractivity contribution is 6.10. The van der Waals surface area contributed by atoms with Gasteiger partial charge in [0.25, 0.3) is 0 Å². The molecule has 0 saturated carbocycles. The van der Waals surface area contributed by atoms with Gasteiger partial charge in [-0.25, -0.2) is 4.98 Å². The van der Waals surface area contributed by atoms with Gasteiger partial charge >= 0.3 is 0 Å². The zero-order chi connectivity index (χ0) is 29.0. The Labute approximate surface area is 252 Å². The summed E-state index contributed by atoms with van der Waals surface area (Å²) >= 11 is 0. The summed E-state index contributed by atoms with van der Waals surface area (Å²) in [6.07, 6.45) is 0. The maximum atomic E-state index is 6.42. The first-order chi connectivity index (χ1) is 21.8. The fourth-order valence-electron chi connectivity index (χ4n) is 6.24. The number of nitrogens with zero attached hydrogens (tertiary/aromatic N) is 4. The van der Waals surface area contributed by atoms with Gasteiger partial charge < -0.3 is 4.42 Å². The van der Waals surface area contributed by atoms with Crippen molar-refractivity contribution >= 4 is 43.7 Å². The van der Waals surface area contributed by atoms with Crippen LogP contribution in [0.2, 0.25) is 0 Å². The molecule has 0 N–H and O–H groups in total. The molecule has 5 heteroatoms. The second-order valence-corrected chi connectivity index (χ2v) is 10.9. The number of hydrogen-bond acceptors (Lipinski definition) is 4. The van der Waals surface area contributed by atoms with E-state index in [0.717, 1.165) is 66.0 Å². The van der Waals surface area contributed by atoms with Crippen LogP contribution in [0.4, 0.5) is 0 Å². The summed E-state index contributed by atoms with van der Waals surface area (Å²) in [7, 11) is 0. The topological polar surface area (TPSA) is 56.7 Å². The van der Waals surface area contributed by atoms with E-state index < -0.39 is 0 Å². The summed E-state index contributed by atoms with van der Waals surface area (Å²) in [4.78, 5) is 15.4. The molecule has 0 bridgehead atoms. The second-order valence-electron chi connectivity index (χ2n) is 10.9. The number of aromatic nitrogens is 4. The van der Waals surface area contributed by atoms with Crippen LogP contribution in [0, 0.1) is 0 Å². The van der Waals surface area contributed by atoms with E-state index in [0.29, 0.717) is 17.6 Å². The molecule has 0 radical (unpaired) electrons. The third-order valence-corrected chi connectivity index (χ3v) is 8.28. The fourth-order valence-corrected chi connectivity index (χ4v) is 6.24. The van der Waals surface area contributed by atoms with E-state index in [-0.39, 0.29) is 0 Å². The lowest BCUT2D eigenvalue weighted by molar-refractivity contribution is 0.669. The fraction of sp³-hybridized carbons (Fsp3) is 0. The minimum Gasteiger partial charge on any atom is -0.455 e. The molecule has 0 unspecified atom stereocenters. The molecule has 5 nitrogen and oxygen atoms in total. The molecule has 0 aliphatic heterocycles. The summed E-state index contributed by atoms with van der Waals surface area (Å²) in [5.74, 6) is 1.71. The molecule has 0 saturated heterocycles. The molecule has 0 amide bonds. The van der Waals surface area contributed by atoms with Gasteiger partial charge in [0, 0.05) is 27.1 Å². The molecule has 3 aromatic heterocycles. The Morgan fingerprint density at radius 3 is 1.82 bits per heavy atom. The van der Waals surface area contributed by atoms with Crippen molar-refractivity contribution in [3.8, 4) is 39.9 Å². The first kappa shape index (κ1) is 24.5. The highest BCUT2D eigenvalue weighted by Gasteiger charge is 2.20. The highest BCUT2D eigenvalue weighted by Crippen LogP contribution is 2.37. The van der Waals surface area contributed by atoms with Crippen LogP contribution in [0.15, 0.2) is 150 Å². The van der Waals surface area contributed by atoms with Crippen LogP contribution in [-0.2, 0) is 0 Å². The number of benzene rings is 6. The SMILES string of the molecule is c1ccc(-c2cccc(-c3nc(-c4cccc5c4oc4ccccc45)nc(-n4c5ccccc5c5ccccc54)n3)c2)cc1. The van der Waals surface area contributed by atoms with Crippen LogP contribution in [0.3, 0.4) is 0 Å². The predicted octanol–water partition coefficient (Wildman–Crippen LogP) is 9.87. The third-order valence-electron chi connectivity index (χ3n) is 8.28. The number of fused-ring (bicyclic) bond motifs is 6. The van der Waals surface area contributed by atoms with Crippen molar-refractivity contribution in [2.24, 2.45) is 0 Å². The van der Waals surface area contributed by atoms with Gasteiger partial charge in [-0.05, 0) is 41.5 Å². The van der Waals surface area contributed by atoms with E-state index in [2.05, 4.69) is 114 Å². The van der Waals surface area contributed by atoms with E-state index in [1.54, 1.807) is 0 Å². The van der Waals surface area contributed by atoms with Crippen molar-refractivity contribution in [2.75, 3.05) is 0 Å². The second kappa shape index (κ2) is 9.75. The van der Waals surface area contributed by atoms with Gasteiger partial charge in [-0.3, -0.25) is 4.57 Å². The molecule has 9 aromatic rings. The summed E-state index contributed by atoms with van der Waals surface area (Å²) in [5.41, 5.74) is 7.64. The van der Waals surface area contributed by atoms with Crippen molar-refractivity contribution in [2.45, 2.75) is 0 Å². The van der Waals surface area contributed by atoms with Crippen molar-refractivity contribution in [3.05, 3.63) is 146 Å². The van der Waals surface area contributed by atoms with Gasteiger partial charge in [0.05, 0.1) is 16.6 Å². The number of furan rings is 1. The average Bonchev–Trinajstić information content (AvgIpc) is 3.65. The van der Waals surface area contributed by atoms with Gasteiger partial charge in [-0.2, -0.15) is 9.97 Å². The Morgan fingerprint density at radius 1 is 0.432 bits per heavy atom. The monoisotopic (exact) mass is 564 g/mol. The zero-order valence-electron chi connectivity index (χ0n) is 23.6. The largest absolute Gasteiger partial charge is 0.455 e. The molecular formula is C39H24N4O. The lowest BCUT2D eigenvalue weighted by atomic mass is 10.0. The van der Waals surface area contributed by atoms with Crippen LogP contribution < -0.4 is 0 Å². The molecule has 9 rings (SSSR count). The maximum absolute atomic E-state index is 6.42. The molecule has 0 spiro atoms. The standard InChI is InChI=1S/C39H24N4O/c1-2-12-25(13-3-1)26-14-10-15-27(24-26)37-40-38(32-20-11-19-31-30-18-6-9-23-35(30)44-36(31)32)42-39(41-37)43-33-21-7-4-16-28(33)29-17-5-8-22-34(29)43/h1-24H. The summed E-state index contributed by atoms with van der Waals surface area (Å²) in [5, 5.41) is 4.40. The molecule has 3 heterocycles. The van der Waals surface area contributed by atoms with E-state index in [4.69, 9.17) is 19.4 Å². The van der Waals surface area contributed by atoms with Crippen molar-refractivity contribution in [1.29, 1.82) is 0 Å². The normalized spacial score (nSPS) is 11.6. The number of hydrogen-bond donors (Lipinski definition) is 0. The lowest BCUT2D eigenvalue weighted by Crippen LogP contribution is -2.06. The number of para-hydroxylation sites is 4. The highest BCUT2D eigenvalue weighted by atomic mass is 16.3. The van der Waals surface area contributed by atoms with E-state index in [9.17, 15) is 0 Å². The lowest BCUT2D eigenvalue weighted by Gasteiger charge is -2.12. The molecule has 0 fully saturated rings. The Morgan fingerprint density at radius 2 is 1.02 bits per heavy atom. The van der Waals surface area contributed by atoms with Gasteiger partial charge in [0.15, 0.2) is 11.6 Å². The molecule has 0 aliphatic carbocycles. The van der Waals surface area contributed by atoms with E-state index >= 15 is 0 Å². The van der Waals surface area contributed by atoms with Gasteiger partial charge in [0.1, 0.15) is 11.2 Å². The molecular weight excluding hydrogens is 540 g/mol. The van der Waals surface area contributed by atoms with Crippen LogP contribution in [-0.4, -0.2) is 19.5 Å². The van der Waals surface area contributed by atoms with E-state index in [1.165, 1.54) is 0 Å². The van der Waals surface area contributed by atoms with Crippen LogP contribution in [0.5, 0.6) is 0 Å². The quantitative estimate of drug-likeness (QED) is 0.213. The van der Waals surface area contributed by atoms with Gasteiger partial charge in [0.2, 0.25) is 5.95 Å². The average molecular weight is 565 g/mol. The Bertz CT molecular complexity index is 2460. The molecule has 6 aromatic carbocycles. The Kier molecular flexibility index (Phi) is 5.43. The summed E-state index contributed by atoms with van der Waals surface area (Å²) in [6, 6.07) is 49.8. The minimum absolute atomic E-state index is 0.556. The maximum Gasteiger partial charge on any atom is 0.238 e. The van der Waals surface area contributed by atoms with Crippen LogP contribution in [0.25, 0.3) is 83.6 Å². The van der Waals surface area contributed by atoms with Crippen molar-refractivity contribution < 1.29 is 4.42 Å². The molecule has 0 aliphatic rings.